The van der Waals surface area contributed by atoms with Crippen LogP contribution >= 0.6 is 27.5 Å². The van der Waals surface area contributed by atoms with Crippen molar-refractivity contribution in [2.24, 2.45) is 0 Å². The molecule has 1 nitrogen and oxygen atoms in total. The molecule has 1 aromatic heterocycles. The molecule has 1 unspecified atom stereocenters. The third-order valence-corrected chi connectivity index (χ3v) is 3.27. The van der Waals surface area contributed by atoms with Crippen LogP contribution < -0.4 is 0 Å². The summed E-state index contributed by atoms with van der Waals surface area (Å²) in [4.78, 5) is 0. The SMILES string of the molecule is Cc1ccoc1C(Cl)c1ccc(Br)cc1. The van der Waals surface area contributed by atoms with Crippen molar-refractivity contribution >= 4 is 27.5 Å². The Bertz CT molecular complexity index is 447. The van der Waals surface area contributed by atoms with Crippen molar-refractivity contribution in [1.29, 1.82) is 0 Å². The minimum absolute atomic E-state index is 0.215. The molecule has 0 saturated carbocycles. The molecule has 3 heteroatoms. The average Bonchev–Trinajstić information content (AvgIpc) is 2.65. The highest BCUT2D eigenvalue weighted by Gasteiger charge is 2.15. The van der Waals surface area contributed by atoms with Crippen LogP contribution in [0, 0.1) is 6.92 Å². The first-order valence-corrected chi connectivity index (χ1v) is 5.85. The van der Waals surface area contributed by atoms with Crippen LogP contribution in [0.15, 0.2) is 45.5 Å². The fourth-order valence-corrected chi connectivity index (χ4v) is 2.06. The molecular formula is C12H10BrClO. The van der Waals surface area contributed by atoms with Gasteiger partial charge in [0.1, 0.15) is 11.1 Å². The molecule has 0 fully saturated rings. The molecule has 2 aromatic rings. The highest BCUT2D eigenvalue weighted by molar-refractivity contribution is 9.10. The Kier molecular flexibility index (Phi) is 3.17. The minimum Gasteiger partial charge on any atom is -0.467 e. The van der Waals surface area contributed by atoms with Crippen molar-refractivity contribution < 1.29 is 4.42 Å². The number of halogens is 2. The van der Waals surface area contributed by atoms with Gasteiger partial charge < -0.3 is 4.42 Å². The molecule has 0 radical (unpaired) electrons. The normalized spacial score (nSPS) is 12.7. The molecular weight excluding hydrogens is 275 g/mol. The van der Waals surface area contributed by atoms with Gasteiger partial charge in [-0.25, -0.2) is 0 Å². The summed E-state index contributed by atoms with van der Waals surface area (Å²) >= 11 is 9.71. The number of aryl methyl sites for hydroxylation is 1. The van der Waals surface area contributed by atoms with Crippen LogP contribution in [0.5, 0.6) is 0 Å². The average molecular weight is 286 g/mol. The van der Waals surface area contributed by atoms with Crippen molar-refractivity contribution in [2.75, 3.05) is 0 Å². The maximum absolute atomic E-state index is 6.32. The van der Waals surface area contributed by atoms with Crippen molar-refractivity contribution in [3.05, 3.63) is 58.0 Å². The monoisotopic (exact) mass is 284 g/mol. The predicted molar refractivity (Wildman–Crippen MR) is 65.3 cm³/mol. The lowest BCUT2D eigenvalue weighted by molar-refractivity contribution is 0.513. The first-order valence-electron chi connectivity index (χ1n) is 4.62. The van der Waals surface area contributed by atoms with Crippen LogP contribution in [0.3, 0.4) is 0 Å². The van der Waals surface area contributed by atoms with Gasteiger partial charge in [-0.05, 0) is 36.2 Å². The predicted octanol–water partition coefficient (Wildman–Crippen LogP) is 4.68. The first-order chi connectivity index (χ1) is 7.18. The fourth-order valence-electron chi connectivity index (χ4n) is 1.43. The third kappa shape index (κ3) is 2.27. The minimum atomic E-state index is -0.215. The molecule has 2 rings (SSSR count). The Morgan fingerprint density at radius 2 is 1.87 bits per heavy atom. The van der Waals surface area contributed by atoms with E-state index >= 15 is 0 Å². The second-order valence-corrected chi connectivity index (χ2v) is 4.73. The molecule has 1 aromatic carbocycles. The number of hydrogen-bond donors (Lipinski definition) is 0. The first kappa shape index (κ1) is 10.8. The number of rotatable bonds is 2. The van der Waals surface area contributed by atoms with Crippen molar-refractivity contribution in [3.63, 3.8) is 0 Å². The topological polar surface area (TPSA) is 13.1 Å². The molecule has 0 spiro atoms. The second-order valence-electron chi connectivity index (χ2n) is 3.38. The molecule has 0 bridgehead atoms. The fraction of sp³-hybridized carbons (Fsp3) is 0.167. The van der Waals surface area contributed by atoms with E-state index in [-0.39, 0.29) is 5.38 Å². The van der Waals surface area contributed by atoms with Gasteiger partial charge >= 0.3 is 0 Å². The van der Waals surface area contributed by atoms with Gasteiger partial charge in [0.05, 0.1) is 6.26 Å². The summed E-state index contributed by atoms with van der Waals surface area (Å²) in [5, 5.41) is -0.215. The van der Waals surface area contributed by atoms with E-state index in [0.717, 1.165) is 21.4 Å². The molecule has 0 amide bonds. The zero-order chi connectivity index (χ0) is 10.8. The molecule has 0 saturated heterocycles. The Hall–Kier alpha value is -0.730. The van der Waals surface area contributed by atoms with Crippen molar-refractivity contribution in [2.45, 2.75) is 12.3 Å². The molecule has 0 aliphatic heterocycles. The Morgan fingerprint density at radius 3 is 2.40 bits per heavy atom. The standard InChI is InChI=1S/C12H10BrClO/c1-8-6-7-15-12(8)11(14)9-2-4-10(13)5-3-9/h2-7,11H,1H3. The van der Waals surface area contributed by atoms with Crippen molar-refractivity contribution in [1.82, 2.24) is 0 Å². The van der Waals surface area contributed by atoms with Gasteiger partial charge in [0, 0.05) is 4.47 Å². The lowest BCUT2D eigenvalue weighted by Gasteiger charge is -2.08. The number of benzene rings is 1. The molecule has 0 aliphatic carbocycles. The smallest absolute Gasteiger partial charge is 0.128 e. The lowest BCUT2D eigenvalue weighted by atomic mass is 10.1. The van der Waals surface area contributed by atoms with Crippen LogP contribution in [-0.4, -0.2) is 0 Å². The van der Waals surface area contributed by atoms with Gasteiger partial charge in [0.2, 0.25) is 0 Å². The molecule has 0 N–H and O–H groups in total. The van der Waals surface area contributed by atoms with E-state index in [2.05, 4.69) is 15.9 Å². The van der Waals surface area contributed by atoms with Crippen LogP contribution in [0.25, 0.3) is 0 Å². The Labute approximate surface area is 102 Å². The Balaban J connectivity index is 2.32. The summed E-state index contributed by atoms with van der Waals surface area (Å²) in [6.07, 6.45) is 1.67. The van der Waals surface area contributed by atoms with Crippen molar-refractivity contribution in [3.8, 4) is 0 Å². The number of hydrogen-bond acceptors (Lipinski definition) is 1. The molecule has 1 atom stereocenters. The summed E-state index contributed by atoms with van der Waals surface area (Å²) in [6, 6.07) is 9.85. The van der Waals surface area contributed by atoms with Crippen LogP contribution in [0.1, 0.15) is 22.3 Å². The summed E-state index contributed by atoms with van der Waals surface area (Å²) in [5.74, 6) is 0.819. The second kappa shape index (κ2) is 4.42. The van der Waals surface area contributed by atoms with Crippen LogP contribution in [0.2, 0.25) is 0 Å². The molecule has 1 heterocycles. The number of furan rings is 1. The van der Waals surface area contributed by atoms with Crippen LogP contribution in [0.4, 0.5) is 0 Å². The quantitative estimate of drug-likeness (QED) is 0.730. The zero-order valence-electron chi connectivity index (χ0n) is 8.21. The molecule has 0 aliphatic rings. The maximum Gasteiger partial charge on any atom is 0.128 e. The maximum atomic E-state index is 6.32. The van der Waals surface area contributed by atoms with Gasteiger partial charge in [-0.1, -0.05) is 28.1 Å². The van der Waals surface area contributed by atoms with Gasteiger partial charge in [0.15, 0.2) is 0 Å². The van der Waals surface area contributed by atoms with Gasteiger partial charge in [-0.2, -0.15) is 0 Å². The number of alkyl halides is 1. The van der Waals surface area contributed by atoms with E-state index < -0.39 is 0 Å². The van der Waals surface area contributed by atoms with E-state index in [4.69, 9.17) is 16.0 Å². The molecule has 15 heavy (non-hydrogen) atoms. The summed E-state index contributed by atoms with van der Waals surface area (Å²) in [7, 11) is 0. The van der Waals surface area contributed by atoms with Gasteiger partial charge in [-0.3, -0.25) is 0 Å². The van der Waals surface area contributed by atoms with Gasteiger partial charge in [0.25, 0.3) is 0 Å². The highest BCUT2D eigenvalue weighted by Crippen LogP contribution is 2.31. The summed E-state index contributed by atoms with van der Waals surface area (Å²) in [6.45, 7) is 1.99. The third-order valence-electron chi connectivity index (χ3n) is 2.29. The highest BCUT2D eigenvalue weighted by atomic mass is 79.9. The van der Waals surface area contributed by atoms with E-state index in [1.807, 2.05) is 37.3 Å². The van der Waals surface area contributed by atoms with E-state index in [9.17, 15) is 0 Å². The van der Waals surface area contributed by atoms with Crippen LogP contribution in [-0.2, 0) is 0 Å². The van der Waals surface area contributed by atoms with E-state index in [1.54, 1.807) is 6.26 Å². The Morgan fingerprint density at radius 1 is 1.20 bits per heavy atom. The van der Waals surface area contributed by atoms with Gasteiger partial charge in [-0.15, -0.1) is 11.6 Å². The van der Waals surface area contributed by atoms with E-state index in [1.165, 1.54) is 0 Å². The zero-order valence-corrected chi connectivity index (χ0v) is 10.5. The van der Waals surface area contributed by atoms with E-state index in [0.29, 0.717) is 0 Å². The largest absolute Gasteiger partial charge is 0.467 e. The summed E-state index contributed by atoms with van der Waals surface area (Å²) < 4.78 is 6.41. The summed E-state index contributed by atoms with van der Waals surface area (Å²) in [5.41, 5.74) is 2.12. The molecule has 78 valence electrons. The lowest BCUT2D eigenvalue weighted by Crippen LogP contribution is -1.92.